The van der Waals surface area contributed by atoms with Gasteiger partial charge in [0.1, 0.15) is 0 Å². The van der Waals surface area contributed by atoms with E-state index >= 15 is 0 Å². The first kappa shape index (κ1) is 11.7. The molecule has 1 rings (SSSR count). The predicted octanol–water partition coefficient (Wildman–Crippen LogP) is 2.02. The number of pyridine rings is 1. The Bertz CT molecular complexity index is 332. The Hall–Kier alpha value is -0.420. The van der Waals surface area contributed by atoms with Gasteiger partial charge in [-0.3, -0.25) is 9.19 Å². The molecule has 5 heteroatoms. The van der Waals surface area contributed by atoms with Gasteiger partial charge in [0.2, 0.25) is 0 Å². The highest BCUT2D eigenvalue weighted by atomic mass is 79.9. The molecule has 0 aliphatic carbocycles. The van der Waals surface area contributed by atoms with Gasteiger partial charge in [0.25, 0.3) is 0 Å². The van der Waals surface area contributed by atoms with Gasteiger partial charge in [0.05, 0.1) is 10.2 Å². The topological polar surface area (TPSA) is 42.0 Å². The summed E-state index contributed by atoms with van der Waals surface area (Å²) in [5.74, 6) is 0. The largest absolute Gasteiger partial charge is 0.383 e. The number of aromatic nitrogens is 1. The summed E-state index contributed by atoms with van der Waals surface area (Å²) in [6, 6.07) is 1.88. The minimum atomic E-state index is -0.784. The van der Waals surface area contributed by atoms with Crippen molar-refractivity contribution < 1.29 is 4.21 Å². The van der Waals surface area contributed by atoms with E-state index in [1.54, 1.807) is 18.6 Å². The van der Waals surface area contributed by atoms with Crippen molar-refractivity contribution in [3.8, 4) is 0 Å². The molecule has 2 unspecified atom stereocenters. The Morgan fingerprint density at radius 2 is 2.43 bits per heavy atom. The monoisotopic (exact) mass is 276 g/mol. The van der Waals surface area contributed by atoms with Crippen molar-refractivity contribution in [3.63, 3.8) is 0 Å². The van der Waals surface area contributed by atoms with Crippen molar-refractivity contribution >= 4 is 32.4 Å². The number of nitrogens with zero attached hydrogens (tertiary/aromatic N) is 1. The molecule has 2 atom stereocenters. The average molecular weight is 277 g/mol. The quantitative estimate of drug-likeness (QED) is 0.915. The van der Waals surface area contributed by atoms with E-state index in [1.807, 2.05) is 13.0 Å². The van der Waals surface area contributed by atoms with Gasteiger partial charge in [0.15, 0.2) is 0 Å². The SMILES string of the molecule is CC(CNc1ccncc1Br)S(C)=O. The van der Waals surface area contributed by atoms with Crippen LogP contribution in [0, 0.1) is 0 Å². The van der Waals surface area contributed by atoms with Gasteiger partial charge in [-0.1, -0.05) is 0 Å². The lowest BCUT2D eigenvalue weighted by Crippen LogP contribution is -2.20. The smallest absolute Gasteiger partial charge is 0.0590 e. The highest BCUT2D eigenvalue weighted by Crippen LogP contribution is 2.19. The van der Waals surface area contributed by atoms with Crippen molar-refractivity contribution in [3.05, 3.63) is 22.9 Å². The van der Waals surface area contributed by atoms with Gasteiger partial charge in [0, 0.05) is 41.2 Å². The summed E-state index contributed by atoms with van der Waals surface area (Å²) in [6.45, 7) is 2.66. The Balaban J connectivity index is 2.54. The maximum Gasteiger partial charge on any atom is 0.0590 e. The molecule has 78 valence electrons. The second-order valence-corrected chi connectivity index (χ2v) is 5.70. The lowest BCUT2D eigenvalue weighted by molar-refractivity contribution is 0.679. The van der Waals surface area contributed by atoms with Gasteiger partial charge in [-0.15, -0.1) is 0 Å². The average Bonchev–Trinajstić information content (AvgIpc) is 2.16. The summed E-state index contributed by atoms with van der Waals surface area (Å²) in [7, 11) is -0.784. The van der Waals surface area contributed by atoms with E-state index in [-0.39, 0.29) is 5.25 Å². The fourth-order valence-electron chi connectivity index (χ4n) is 0.890. The molecule has 0 radical (unpaired) electrons. The minimum Gasteiger partial charge on any atom is -0.383 e. The maximum absolute atomic E-state index is 11.1. The van der Waals surface area contributed by atoms with Crippen LogP contribution in [0.15, 0.2) is 22.9 Å². The van der Waals surface area contributed by atoms with Crippen molar-refractivity contribution in [2.24, 2.45) is 0 Å². The number of hydrogen-bond donors (Lipinski definition) is 1. The van der Waals surface area contributed by atoms with Crippen LogP contribution in [-0.4, -0.2) is 27.2 Å². The molecule has 0 bridgehead atoms. The molecule has 1 heterocycles. The molecule has 0 fully saturated rings. The summed E-state index contributed by atoms with van der Waals surface area (Å²) in [5.41, 5.74) is 0.984. The number of nitrogens with one attached hydrogen (secondary N) is 1. The molecule has 0 aliphatic rings. The van der Waals surface area contributed by atoms with E-state index in [9.17, 15) is 4.21 Å². The zero-order valence-corrected chi connectivity index (χ0v) is 10.6. The zero-order chi connectivity index (χ0) is 10.6. The summed E-state index contributed by atoms with van der Waals surface area (Å²) in [4.78, 5) is 3.96. The summed E-state index contributed by atoms with van der Waals surface area (Å²) >= 11 is 3.38. The summed E-state index contributed by atoms with van der Waals surface area (Å²) in [5, 5.41) is 3.36. The molecule has 1 aromatic rings. The highest BCUT2D eigenvalue weighted by Gasteiger charge is 2.06. The molecule has 1 N–H and O–H groups in total. The number of hydrogen-bond acceptors (Lipinski definition) is 3. The minimum absolute atomic E-state index is 0.148. The molecule has 0 aromatic carbocycles. The molecule has 0 spiro atoms. The predicted molar refractivity (Wildman–Crippen MR) is 64.0 cm³/mol. The molecule has 0 amide bonds. The van der Waals surface area contributed by atoms with Gasteiger partial charge in [-0.05, 0) is 28.9 Å². The van der Waals surface area contributed by atoms with Gasteiger partial charge in [-0.25, -0.2) is 0 Å². The van der Waals surface area contributed by atoms with E-state index in [0.29, 0.717) is 6.54 Å². The van der Waals surface area contributed by atoms with E-state index in [0.717, 1.165) is 10.2 Å². The third kappa shape index (κ3) is 3.38. The van der Waals surface area contributed by atoms with E-state index < -0.39 is 10.8 Å². The van der Waals surface area contributed by atoms with E-state index in [1.165, 1.54) is 0 Å². The van der Waals surface area contributed by atoms with Crippen molar-refractivity contribution in [2.45, 2.75) is 12.2 Å². The Kier molecular flexibility index (Phi) is 4.54. The lowest BCUT2D eigenvalue weighted by Gasteiger charge is -2.11. The molecule has 0 saturated carbocycles. The van der Waals surface area contributed by atoms with Crippen LogP contribution >= 0.6 is 15.9 Å². The normalized spacial score (nSPS) is 14.8. The van der Waals surface area contributed by atoms with Crippen LogP contribution in [0.25, 0.3) is 0 Å². The van der Waals surface area contributed by atoms with Crippen LogP contribution in [0.3, 0.4) is 0 Å². The van der Waals surface area contributed by atoms with Crippen LogP contribution in [0.4, 0.5) is 5.69 Å². The highest BCUT2D eigenvalue weighted by molar-refractivity contribution is 9.10. The number of rotatable bonds is 4. The standard InChI is InChI=1S/C9H13BrN2OS/c1-7(14(2)13)5-12-9-3-4-11-6-8(9)10/h3-4,6-7H,5H2,1-2H3,(H,11,12). The third-order valence-corrected chi connectivity index (χ3v) is 3.85. The molecule has 3 nitrogen and oxygen atoms in total. The number of halogens is 1. The lowest BCUT2D eigenvalue weighted by atomic mass is 10.4. The first-order valence-electron chi connectivity index (χ1n) is 4.27. The van der Waals surface area contributed by atoms with Crippen LogP contribution in [0.5, 0.6) is 0 Å². The van der Waals surface area contributed by atoms with Crippen molar-refractivity contribution in [2.75, 3.05) is 18.1 Å². The van der Waals surface area contributed by atoms with Gasteiger partial charge in [-0.2, -0.15) is 0 Å². The first-order chi connectivity index (χ1) is 6.61. The molecular weight excluding hydrogens is 264 g/mol. The Labute approximate surface area is 94.9 Å². The Morgan fingerprint density at radius 3 is 3.00 bits per heavy atom. The van der Waals surface area contributed by atoms with Gasteiger partial charge < -0.3 is 5.32 Å². The van der Waals surface area contributed by atoms with E-state index in [4.69, 9.17) is 0 Å². The first-order valence-corrected chi connectivity index (χ1v) is 6.68. The fourth-order valence-corrected chi connectivity index (χ4v) is 1.60. The second kappa shape index (κ2) is 5.46. The van der Waals surface area contributed by atoms with Crippen LogP contribution in [0.2, 0.25) is 0 Å². The molecular formula is C9H13BrN2OS. The zero-order valence-electron chi connectivity index (χ0n) is 8.16. The van der Waals surface area contributed by atoms with Crippen molar-refractivity contribution in [1.82, 2.24) is 4.98 Å². The number of anilines is 1. The summed E-state index contributed by atoms with van der Waals surface area (Å²) < 4.78 is 12.0. The van der Waals surface area contributed by atoms with Gasteiger partial charge >= 0.3 is 0 Å². The molecule has 1 aromatic heterocycles. The van der Waals surface area contributed by atoms with E-state index in [2.05, 4.69) is 26.2 Å². The second-order valence-electron chi connectivity index (χ2n) is 3.05. The Morgan fingerprint density at radius 1 is 1.71 bits per heavy atom. The molecule has 0 aliphatic heterocycles. The van der Waals surface area contributed by atoms with Crippen molar-refractivity contribution in [1.29, 1.82) is 0 Å². The molecule has 0 saturated heterocycles. The summed E-state index contributed by atoms with van der Waals surface area (Å²) in [6.07, 6.45) is 5.17. The third-order valence-electron chi connectivity index (χ3n) is 1.92. The van der Waals surface area contributed by atoms with Crippen LogP contribution < -0.4 is 5.32 Å². The fraction of sp³-hybridized carbons (Fsp3) is 0.444. The van der Waals surface area contributed by atoms with Crippen LogP contribution in [0.1, 0.15) is 6.92 Å². The van der Waals surface area contributed by atoms with Crippen LogP contribution in [-0.2, 0) is 10.8 Å². The molecule has 14 heavy (non-hydrogen) atoms. The maximum atomic E-state index is 11.1.